The molecule has 0 N–H and O–H groups in total. The maximum Gasteiger partial charge on any atom is 0.308 e. The van der Waals surface area contributed by atoms with Crippen molar-refractivity contribution in [3.05, 3.63) is 29.6 Å². The third-order valence-corrected chi connectivity index (χ3v) is 6.18. The van der Waals surface area contributed by atoms with Crippen molar-refractivity contribution in [3.8, 4) is 0 Å². The topological polar surface area (TPSA) is 42.4 Å². The van der Waals surface area contributed by atoms with Crippen molar-refractivity contribution in [2.45, 2.75) is 63.8 Å². The largest absolute Gasteiger partial charge is 0.469 e. The van der Waals surface area contributed by atoms with Gasteiger partial charge in [-0.2, -0.15) is 0 Å². The lowest BCUT2D eigenvalue weighted by molar-refractivity contribution is -0.146. The third-order valence-electron chi connectivity index (χ3n) is 6.18. The van der Waals surface area contributed by atoms with Crippen LogP contribution in [0.4, 0.5) is 0 Å². The van der Waals surface area contributed by atoms with Crippen LogP contribution in [0.2, 0.25) is 0 Å². The van der Waals surface area contributed by atoms with E-state index in [-0.39, 0.29) is 11.9 Å². The van der Waals surface area contributed by atoms with E-state index in [1.54, 1.807) is 0 Å². The first-order chi connectivity index (χ1) is 12.2. The van der Waals surface area contributed by atoms with Crippen LogP contribution in [0.1, 0.15) is 68.7 Å². The number of methoxy groups -OCH3 is 1. The van der Waals surface area contributed by atoms with Crippen LogP contribution in [-0.4, -0.2) is 36.6 Å². The molecule has 1 aliphatic carbocycles. The van der Waals surface area contributed by atoms with E-state index in [0.717, 1.165) is 25.2 Å². The van der Waals surface area contributed by atoms with Gasteiger partial charge in [0, 0.05) is 17.9 Å². The van der Waals surface area contributed by atoms with E-state index in [9.17, 15) is 4.79 Å². The minimum Gasteiger partial charge on any atom is -0.469 e. The Hall–Kier alpha value is -1.42. The molecule has 1 saturated carbocycles. The molecular formula is C21H32N2O2. The molecule has 0 amide bonds. The summed E-state index contributed by atoms with van der Waals surface area (Å²) in [5.74, 6) is 0.896. The number of nitrogens with zero attached hydrogens (tertiary/aromatic N) is 2. The van der Waals surface area contributed by atoms with Crippen molar-refractivity contribution in [3.63, 3.8) is 0 Å². The minimum atomic E-state index is -0.0179. The number of hydrogen-bond donors (Lipinski definition) is 0. The van der Waals surface area contributed by atoms with Gasteiger partial charge >= 0.3 is 5.97 Å². The van der Waals surface area contributed by atoms with Crippen molar-refractivity contribution in [1.82, 2.24) is 9.88 Å². The number of carbonyl (C=O) groups is 1. The Morgan fingerprint density at radius 3 is 2.64 bits per heavy atom. The quantitative estimate of drug-likeness (QED) is 0.727. The molecule has 2 aliphatic rings. The summed E-state index contributed by atoms with van der Waals surface area (Å²) in [6.07, 6.45) is 12.5. The van der Waals surface area contributed by atoms with Crippen LogP contribution in [-0.2, 0) is 16.0 Å². The van der Waals surface area contributed by atoms with Gasteiger partial charge in [-0.3, -0.25) is 14.7 Å². The molecular weight excluding hydrogens is 312 g/mol. The molecule has 4 heteroatoms. The molecule has 1 aromatic rings. The van der Waals surface area contributed by atoms with Gasteiger partial charge in [-0.1, -0.05) is 12.5 Å². The highest BCUT2D eigenvalue weighted by atomic mass is 16.5. The van der Waals surface area contributed by atoms with Crippen molar-refractivity contribution < 1.29 is 9.53 Å². The van der Waals surface area contributed by atoms with Gasteiger partial charge in [0.2, 0.25) is 0 Å². The number of carbonyl (C=O) groups excluding carboxylic acids is 1. The summed E-state index contributed by atoms with van der Waals surface area (Å²) < 4.78 is 4.87. The lowest BCUT2D eigenvalue weighted by Gasteiger charge is -2.26. The van der Waals surface area contributed by atoms with Crippen LogP contribution < -0.4 is 0 Å². The van der Waals surface area contributed by atoms with Gasteiger partial charge < -0.3 is 4.74 Å². The lowest BCUT2D eigenvalue weighted by atomic mass is 9.80. The smallest absolute Gasteiger partial charge is 0.308 e. The normalized spacial score (nSPS) is 27.4. The van der Waals surface area contributed by atoms with E-state index in [4.69, 9.17) is 9.72 Å². The summed E-state index contributed by atoms with van der Waals surface area (Å²) in [5.41, 5.74) is 2.58. The monoisotopic (exact) mass is 344 g/mol. The second kappa shape index (κ2) is 8.79. The maximum absolute atomic E-state index is 11.6. The number of pyridine rings is 1. The zero-order chi connectivity index (χ0) is 17.6. The molecule has 3 rings (SSSR count). The summed E-state index contributed by atoms with van der Waals surface area (Å²) in [4.78, 5) is 18.7. The number of aromatic nitrogens is 1. The third kappa shape index (κ3) is 4.81. The molecule has 2 fully saturated rings. The van der Waals surface area contributed by atoms with Crippen molar-refractivity contribution >= 4 is 5.97 Å². The molecule has 0 radical (unpaired) electrons. The van der Waals surface area contributed by atoms with Gasteiger partial charge in [0.15, 0.2) is 0 Å². The Balaban J connectivity index is 1.39. The Bertz CT molecular complexity index is 550. The predicted octanol–water partition coefficient (Wildman–Crippen LogP) is 4.15. The maximum atomic E-state index is 11.6. The Morgan fingerprint density at radius 1 is 1.24 bits per heavy atom. The molecule has 1 aromatic heterocycles. The fraction of sp³-hybridized carbons (Fsp3) is 0.714. The zero-order valence-electron chi connectivity index (χ0n) is 15.7. The zero-order valence-corrected chi connectivity index (χ0v) is 15.7. The van der Waals surface area contributed by atoms with Gasteiger partial charge in [-0.15, -0.1) is 0 Å². The number of ether oxygens (including phenoxy) is 1. The van der Waals surface area contributed by atoms with Gasteiger partial charge in [0.05, 0.1) is 13.0 Å². The first-order valence-electron chi connectivity index (χ1n) is 9.90. The Labute approximate surface area is 152 Å². The number of hydrogen-bond acceptors (Lipinski definition) is 4. The van der Waals surface area contributed by atoms with E-state index in [0.29, 0.717) is 6.04 Å². The molecule has 4 nitrogen and oxygen atoms in total. The molecule has 0 bridgehead atoms. The highest BCUT2D eigenvalue weighted by Gasteiger charge is 2.26. The van der Waals surface area contributed by atoms with Gasteiger partial charge in [-0.05, 0) is 82.5 Å². The first-order valence-corrected chi connectivity index (χ1v) is 9.90. The van der Waals surface area contributed by atoms with E-state index >= 15 is 0 Å². The average Bonchev–Trinajstić information content (AvgIpc) is 3.08. The van der Waals surface area contributed by atoms with E-state index in [1.807, 2.05) is 0 Å². The van der Waals surface area contributed by atoms with Crippen LogP contribution in [0.15, 0.2) is 18.3 Å². The van der Waals surface area contributed by atoms with Crippen LogP contribution in [0.5, 0.6) is 0 Å². The molecule has 2 heterocycles. The molecule has 1 unspecified atom stereocenters. The summed E-state index contributed by atoms with van der Waals surface area (Å²) in [6, 6.07) is 5.05. The summed E-state index contributed by atoms with van der Waals surface area (Å²) in [5, 5.41) is 0. The van der Waals surface area contributed by atoms with Crippen LogP contribution in [0.25, 0.3) is 0 Å². The first kappa shape index (κ1) is 18.4. The number of likely N-dealkylation sites (tertiary alicyclic amines) is 1. The molecule has 1 atom stereocenters. The number of rotatable bonds is 6. The minimum absolute atomic E-state index is 0.0179. The second-order valence-corrected chi connectivity index (χ2v) is 7.85. The number of aryl methyl sites for hydroxylation is 1. The van der Waals surface area contributed by atoms with Gasteiger partial charge in [0.25, 0.3) is 0 Å². The molecule has 138 valence electrons. The van der Waals surface area contributed by atoms with Gasteiger partial charge in [0.1, 0.15) is 0 Å². The molecule has 25 heavy (non-hydrogen) atoms. The van der Waals surface area contributed by atoms with Crippen LogP contribution in [0.3, 0.4) is 0 Å². The second-order valence-electron chi connectivity index (χ2n) is 7.85. The van der Waals surface area contributed by atoms with Crippen LogP contribution in [0, 0.1) is 11.8 Å². The standard InChI is InChI=1S/C21H32N2O2/c1-23-14-4-7-20(23)18-12-13-19(22-15-18)6-3-5-16-8-10-17(11-9-16)21(24)25-2/h12-13,15-17,20H,3-11,14H2,1-2H3. The highest BCUT2D eigenvalue weighted by Crippen LogP contribution is 2.33. The molecule has 1 aliphatic heterocycles. The molecule has 0 spiro atoms. The summed E-state index contributed by atoms with van der Waals surface area (Å²) in [6.45, 7) is 1.20. The van der Waals surface area contributed by atoms with E-state index in [1.165, 1.54) is 63.4 Å². The van der Waals surface area contributed by atoms with Crippen LogP contribution >= 0.6 is 0 Å². The molecule has 1 saturated heterocycles. The summed E-state index contributed by atoms with van der Waals surface area (Å²) >= 11 is 0. The molecule has 0 aromatic carbocycles. The van der Waals surface area contributed by atoms with Crippen molar-refractivity contribution in [1.29, 1.82) is 0 Å². The van der Waals surface area contributed by atoms with Crippen molar-refractivity contribution in [2.75, 3.05) is 20.7 Å². The fourth-order valence-electron chi connectivity index (χ4n) is 4.54. The van der Waals surface area contributed by atoms with Crippen molar-refractivity contribution in [2.24, 2.45) is 11.8 Å². The average molecular weight is 344 g/mol. The van der Waals surface area contributed by atoms with E-state index < -0.39 is 0 Å². The Kier molecular flexibility index (Phi) is 6.46. The summed E-state index contributed by atoms with van der Waals surface area (Å²) in [7, 11) is 3.71. The predicted molar refractivity (Wildman–Crippen MR) is 99.2 cm³/mol. The Morgan fingerprint density at radius 2 is 2.04 bits per heavy atom. The SMILES string of the molecule is COC(=O)C1CCC(CCCc2ccc(C3CCCN3C)cn2)CC1. The van der Waals surface area contributed by atoms with Gasteiger partial charge in [-0.25, -0.2) is 0 Å². The fourth-order valence-corrected chi connectivity index (χ4v) is 4.54. The highest BCUT2D eigenvalue weighted by molar-refractivity contribution is 5.72. The van der Waals surface area contributed by atoms with E-state index in [2.05, 4.69) is 30.3 Å². The lowest BCUT2D eigenvalue weighted by Crippen LogP contribution is -2.22. The number of esters is 1.